The summed E-state index contributed by atoms with van der Waals surface area (Å²) in [4.78, 5) is 18.6. The third kappa shape index (κ3) is 4.28. The summed E-state index contributed by atoms with van der Waals surface area (Å²) >= 11 is 3.05. The molecule has 130 valence electrons. The van der Waals surface area contributed by atoms with E-state index < -0.39 is 0 Å². The molecule has 5 heteroatoms. The van der Waals surface area contributed by atoms with Crippen molar-refractivity contribution >= 4 is 37.9 Å². The van der Waals surface area contributed by atoms with E-state index in [1.54, 1.807) is 0 Å². The van der Waals surface area contributed by atoms with Crippen LogP contribution in [0, 0.1) is 0 Å². The number of hydrogen-bond acceptors (Lipinski definition) is 3. The Morgan fingerprint density at radius 2 is 1.79 bits per heavy atom. The van der Waals surface area contributed by atoms with Gasteiger partial charge in [-0.15, -0.1) is 0 Å². The topological polar surface area (TPSA) is 26.8 Å². The van der Waals surface area contributed by atoms with Crippen molar-refractivity contribution in [3.63, 3.8) is 0 Å². The van der Waals surface area contributed by atoms with Crippen LogP contribution < -0.4 is 4.90 Å². The van der Waals surface area contributed by atoms with Crippen molar-refractivity contribution in [1.29, 1.82) is 0 Å². The van der Waals surface area contributed by atoms with Crippen molar-refractivity contribution in [2.24, 2.45) is 0 Å². The Labute approximate surface area is 153 Å². The molecule has 0 saturated carbocycles. The van der Waals surface area contributed by atoms with Crippen molar-refractivity contribution in [3.05, 3.63) is 35.5 Å². The fourth-order valence-corrected chi connectivity index (χ4v) is 3.30. The summed E-state index contributed by atoms with van der Waals surface area (Å²) in [6, 6.07) is 8.23. The number of carbonyl (C=O) groups excluding carboxylic acids is 1. The van der Waals surface area contributed by atoms with Crippen LogP contribution in [0.2, 0.25) is 0 Å². The van der Waals surface area contributed by atoms with Gasteiger partial charge in [0.1, 0.15) is 0 Å². The van der Waals surface area contributed by atoms with Crippen LogP contribution in [0.3, 0.4) is 0 Å². The van der Waals surface area contributed by atoms with Gasteiger partial charge in [0.15, 0.2) is 0 Å². The molecule has 1 aromatic rings. The van der Waals surface area contributed by atoms with Gasteiger partial charge in [-0.25, -0.2) is 0 Å². The van der Waals surface area contributed by atoms with Crippen molar-refractivity contribution in [3.8, 4) is 0 Å². The first-order chi connectivity index (χ1) is 11.5. The monoisotopic (exact) mass is 393 g/mol. The van der Waals surface area contributed by atoms with Gasteiger partial charge < -0.3 is 0 Å². The second kappa shape index (κ2) is 8.50. The van der Waals surface area contributed by atoms with Gasteiger partial charge in [0, 0.05) is 0 Å². The number of unbranched alkanes of at least 4 members (excludes halogenated alkanes) is 3. The molecule has 1 aromatic carbocycles. The average Bonchev–Trinajstić information content (AvgIpc) is 2.76. The van der Waals surface area contributed by atoms with Gasteiger partial charge in [-0.1, -0.05) is 0 Å². The van der Waals surface area contributed by atoms with Gasteiger partial charge in [0.25, 0.3) is 0 Å². The van der Waals surface area contributed by atoms with E-state index in [4.69, 9.17) is 0 Å². The Morgan fingerprint density at radius 3 is 2.38 bits per heavy atom. The predicted molar refractivity (Wildman–Crippen MR) is 103 cm³/mol. The van der Waals surface area contributed by atoms with E-state index in [-0.39, 0.29) is 5.91 Å². The molecule has 1 saturated heterocycles. The van der Waals surface area contributed by atoms with E-state index >= 15 is 0 Å². The van der Waals surface area contributed by atoms with Crippen LogP contribution in [0.4, 0.5) is 5.69 Å². The minimum atomic E-state index is 0.0828. The summed E-state index contributed by atoms with van der Waals surface area (Å²) in [5, 5.41) is 0. The standard InChI is InChI=1S/C19H27N3OSe/c1-5-6-7-8-13-22-18(23)17(21(4)19(22)24)14-15-9-11-16(12-10-15)20(2)3/h9-12,14H,5-8,13H2,1-4H3/b17-14+. The Kier molecular flexibility index (Phi) is 6.64. The second-order valence-electron chi connectivity index (χ2n) is 6.37. The van der Waals surface area contributed by atoms with E-state index in [1.165, 1.54) is 19.3 Å². The molecule has 1 fully saturated rings. The molecule has 0 spiro atoms. The number of benzene rings is 1. The summed E-state index contributed by atoms with van der Waals surface area (Å²) in [7, 11) is 5.98. The number of rotatable bonds is 7. The van der Waals surface area contributed by atoms with Crippen LogP contribution in [-0.4, -0.2) is 63.6 Å². The molecule has 0 radical (unpaired) electrons. The molecule has 0 N–H and O–H groups in total. The summed E-state index contributed by atoms with van der Waals surface area (Å²) in [6.07, 6.45) is 6.61. The SMILES string of the molecule is CCCCCCN1C(=O)/C(=C\c2ccc(N(C)C)cc2)N(C)C1=[Se]. The third-order valence-electron chi connectivity index (χ3n) is 4.29. The molecule has 2 rings (SSSR count). The van der Waals surface area contributed by atoms with Crippen LogP contribution in [0.1, 0.15) is 38.2 Å². The quantitative estimate of drug-likeness (QED) is 0.406. The van der Waals surface area contributed by atoms with Crippen molar-refractivity contribution in [1.82, 2.24) is 9.80 Å². The zero-order valence-corrected chi connectivity index (χ0v) is 16.8. The molecule has 0 aliphatic carbocycles. The molecule has 0 atom stereocenters. The number of hydrogen-bond donors (Lipinski definition) is 0. The van der Waals surface area contributed by atoms with E-state index in [1.807, 2.05) is 49.2 Å². The van der Waals surface area contributed by atoms with Gasteiger partial charge in [-0.3, -0.25) is 0 Å². The molecule has 0 unspecified atom stereocenters. The van der Waals surface area contributed by atoms with Crippen molar-refractivity contribution in [2.45, 2.75) is 32.6 Å². The maximum absolute atomic E-state index is 12.7. The normalized spacial score (nSPS) is 16.4. The minimum absolute atomic E-state index is 0.0828. The molecule has 1 aliphatic rings. The molecule has 0 aromatic heterocycles. The summed E-state index contributed by atoms with van der Waals surface area (Å²) < 4.78 is 0.896. The van der Waals surface area contributed by atoms with Crippen molar-refractivity contribution < 1.29 is 4.79 Å². The Hall–Kier alpha value is -1.58. The number of anilines is 1. The number of nitrogens with zero attached hydrogens (tertiary/aromatic N) is 3. The molecule has 0 bridgehead atoms. The molecule has 4 nitrogen and oxygen atoms in total. The van der Waals surface area contributed by atoms with Crippen molar-refractivity contribution in [2.75, 3.05) is 32.6 Å². The fourth-order valence-electron chi connectivity index (χ4n) is 2.73. The van der Waals surface area contributed by atoms with Crippen LogP contribution >= 0.6 is 0 Å². The van der Waals surface area contributed by atoms with Crippen LogP contribution in [0.25, 0.3) is 6.08 Å². The molecular formula is C19H27N3OSe. The zero-order valence-electron chi connectivity index (χ0n) is 15.1. The average molecular weight is 392 g/mol. The number of likely N-dealkylation sites (N-methyl/N-ethyl adjacent to an activating group) is 1. The van der Waals surface area contributed by atoms with E-state index in [0.29, 0.717) is 0 Å². The summed E-state index contributed by atoms with van der Waals surface area (Å²) in [5.74, 6) is 0.0828. The Balaban J connectivity index is 2.11. The first-order valence-electron chi connectivity index (χ1n) is 8.54. The van der Waals surface area contributed by atoms with Crippen LogP contribution in [0.5, 0.6) is 0 Å². The second-order valence-corrected chi connectivity index (χ2v) is 7.14. The Bertz CT molecular complexity index is 622. The number of amides is 1. The third-order valence-corrected chi connectivity index (χ3v) is 5.33. The Morgan fingerprint density at radius 1 is 1.12 bits per heavy atom. The summed E-state index contributed by atoms with van der Waals surface area (Å²) in [6.45, 7) is 2.98. The summed E-state index contributed by atoms with van der Waals surface area (Å²) in [5.41, 5.74) is 2.91. The molecule has 1 aliphatic heterocycles. The fraction of sp³-hybridized carbons (Fsp3) is 0.474. The van der Waals surface area contributed by atoms with E-state index in [9.17, 15) is 4.79 Å². The van der Waals surface area contributed by atoms with Crippen LogP contribution in [0.15, 0.2) is 30.0 Å². The first-order valence-corrected chi connectivity index (χ1v) is 9.40. The number of carbonyl (C=O) groups is 1. The van der Waals surface area contributed by atoms with Gasteiger partial charge in [0.2, 0.25) is 0 Å². The molecular weight excluding hydrogens is 365 g/mol. The first kappa shape index (κ1) is 18.8. The molecule has 1 heterocycles. The molecule has 24 heavy (non-hydrogen) atoms. The zero-order chi connectivity index (χ0) is 17.7. The van der Waals surface area contributed by atoms with Gasteiger partial charge in [-0.2, -0.15) is 0 Å². The van der Waals surface area contributed by atoms with Gasteiger partial charge in [0.05, 0.1) is 0 Å². The van der Waals surface area contributed by atoms with E-state index in [2.05, 4.69) is 39.5 Å². The van der Waals surface area contributed by atoms with Gasteiger partial charge in [-0.05, 0) is 0 Å². The molecule has 1 amide bonds. The van der Waals surface area contributed by atoms with Crippen LogP contribution in [-0.2, 0) is 4.79 Å². The van der Waals surface area contributed by atoms with E-state index in [0.717, 1.165) is 34.6 Å². The van der Waals surface area contributed by atoms with Gasteiger partial charge >= 0.3 is 153 Å². The maximum atomic E-state index is 12.7. The predicted octanol–water partition coefficient (Wildman–Crippen LogP) is 2.70.